The Morgan fingerprint density at radius 2 is 1.78 bits per heavy atom. The fourth-order valence-corrected chi connectivity index (χ4v) is 7.90. The highest BCUT2D eigenvalue weighted by Crippen LogP contribution is 2.46. The van der Waals surface area contributed by atoms with Crippen molar-refractivity contribution in [3.8, 4) is 5.75 Å². The fraction of sp³-hybridized carbons (Fsp3) is 0.486. The zero-order chi connectivity index (χ0) is 37.5. The number of benzene rings is 1. The van der Waals surface area contributed by atoms with Crippen molar-refractivity contribution in [2.75, 3.05) is 13.1 Å². The summed E-state index contributed by atoms with van der Waals surface area (Å²) in [7, 11) is 0. The summed E-state index contributed by atoms with van der Waals surface area (Å²) in [4.78, 5) is 47.1. The standard InChI is InChI=1S/C35H36ClF6N3O5S/c1-4-7-26-33(50-22-17-27(51-19-22)35(40,41)42,12-6-14-45(26)29(46)28-24(34(37,38)39)8-5-13-43-28)30(47)44-15-11-20-16-21(36)9-10-23(20)25(44)18-32(2,3)31(48)49/h5,8-10,13,16-17,19,25-26H,4,6-7,11-12,14-15,18H2,1-3H3,(H,48,49)/t25?,26-,33+/m1/s1. The quantitative estimate of drug-likeness (QED) is 0.219. The maximum absolute atomic E-state index is 15.3. The summed E-state index contributed by atoms with van der Waals surface area (Å²) in [6.07, 6.45) is -8.08. The molecule has 3 atom stereocenters. The number of fused-ring (bicyclic) bond motifs is 1. The Balaban J connectivity index is 1.68. The Labute approximate surface area is 299 Å². The summed E-state index contributed by atoms with van der Waals surface area (Å²) in [5.74, 6) is -3.25. The molecule has 0 saturated carbocycles. The number of rotatable bonds is 9. The van der Waals surface area contributed by atoms with Gasteiger partial charge in [-0.15, -0.1) is 11.3 Å². The van der Waals surface area contributed by atoms with Crippen LogP contribution in [0.5, 0.6) is 5.75 Å². The molecule has 1 fully saturated rings. The lowest BCUT2D eigenvalue weighted by molar-refractivity contribution is -0.164. The molecule has 2 aliphatic rings. The molecule has 5 rings (SSSR count). The number of carbonyl (C=O) groups is 3. The summed E-state index contributed by atoms with van der Waals surface area (Å²) >= 11 is 6.63. The van der Waals surface area contributed by atoms with E-state index in [1.165, 1.54) is 18.7 Å². The average Bonchev–Trinajstić information content (AvgIpc) is 3.53. The molecule has 276 valence electrons. The number of hydrogen-bond donors (Lipinski definition) is 1. The van der Waals surface area contributed by atoms with E-state index >= 15 is 4.79 Å². The van der Waals surface area contributed by atoms with Gasteiger partial charge in [0.15, 0.2) is 0 Å². The Hall–Kier alpha value is -3.85. The van der Waals surface area contributed by atoms with Gasteiger partial charge in [0.2, 0.25) is 5.60 Å². The molecule has 2 amide bonds. The molecular formula is C35H36ClF6N3O5S. The highest BCUT2D eigenvalue weighted by molar-refractivity contribution is 7.10. The normalized spacial score (nSPS) is 21.3. The number of aliphatic carboxylic acids is 1. The molecule has 0 spiro atoms. The van der Waals surface area contributed by atoms with Crippen molar-refractivity contribution in [2.45, 2.75) is 89.3 Å². The number of piperidine rings is 1. The second-order valence-electron chi connectivity index (χ2n) is 13.4. The summed E-state index contributed by atoms with van der Waals surface area (Å²) in [5.41, 5.74) is -4.18. The number of carboxylic acid groups (broad SMARTS) is 1. The third-order valence-electron chi connectivity index (χ3n) is 9.52. The molecule has 0 aliphatic carbocycles. The van der Waals surface area contributed by atoms with Gasteiger partial charge in [-0.05, 0) is 74.9 Å². The fourth-order valence-electron chi connectivity index (χ4n) is 7.03. The van der Waals surface area contributed by atoms with E-state index in [-0.39, 0.29) is 44.5 Å². The first-order valence-corrected chi connectivity index (χ1v) is 17.6. The van der Waals surface area contributed by atoms with Gasteiger partial charge in [0.1, 0.15) is 16.3 Å². The monoisotopic (exact) mass is 759 g/mol. The SMILES string of the molecule is CCC[C@H]1N(C(=O)c2ncccc2C(F)(F)F)CCC[C@@]1(Oc1csc(C(F)(F)F)c1)C(=O)N1CCc2cc(Cl)ccc2C1CC(C)(C)C(=O)O. The van der Waals surface area contributed by atoms with Crippen molar-refractivity contribution >= 4 is 40.7 Å². The lowest BCUT2D eigenvalue weighted by Crippen LogP contribution is -2.68. The van der Waals surface area contributed by atoms with Gasteiger partial charge >= 0.3 is 18.3 Å². The van der Waals surface area contributed by atoms with Crippen LogP contribution in [0.1, 0.15) is 91.0 Å². The molecule has 1 N–H and O–H groups in total. The van der Waals surface area contributed by atoms with E-state index in [1.54, 1.807) is 25.1 Å². The van der Waals surface area contributed by atoms with Crippen LogP contribution < -0.4 is 4.74 Å². The minimum atomic E-state index is -4.93. The average molecular weight is 760 g/mol. The molecule has 0 bridgehead atoms. The number of hydrogen-bond acceptors (Lipinski definition) is 6. The van der Waals surface area contributed by atoms with Crippen LogP contribution in [0.15, 0.2) is 48.0 Å². The van der Waals surface area contributed by atoms with E-state index < -0.39 is 69.4 Å². The highest BCUT2D eigenvalue weighted by atomic mass is 35.5. The molecule has 8 nitrogen and oxygen atoms in total. The summed E-state index contributed by atoms with van der Waals surface area (Å²) in [6.45, 7) is 4.71. The smallest absolute Gasteiger partial charge is 0.425 e. The molecule has 2 aliphatic heterocycles. The lowest BCUT2D eigenvalue weighted by Gasteiger charge is -2.52. The van der Waals surface area contributed by atoms with Crippen LogP contribution in [0.25, 0.3) is 0 Å². The Morgan fingerprint density at radius 3 is 2.41 bits per heavy atom. The Morgan fingerprint density at radius 1 is 1.06 bits per heavy atom. The third kappa shape index (κ3) is 7.69. The Bertz CT molecular complexity index is 1800. The predicted octanol–water partition coefficient (Wildman–Crippen LogP) is 8.68. The zero-order valence-corrected chi connectivity index (χ0v) is 29.5. The van der Waals surface area contributed by atoms with E-state index in [0.29, 0.717) is 34.8 Å². The second-order valence-corrected chi connectivity index (χ2v) is 14.8. The van der Waals surface area contributed by atoms with Gasteiger partial charge in [-0.2, -0.15) is 26.3 Å². The van der Waals surface area contributed by atoms with E-state index in [4.69, 9.17) is 16.3 Å². The minimum absolute atomic E-state index is 0.0350. The van der Waals surface area contributed by atoms with Crippen molar-refractivity contribution in [3.63, 3.8) is 0 Å². The van der Waals surface area contributed by atoms with Crippen LogP contribution in [0, 0.1) is 5.41 Å². The number of likely N-dealkylation sites (tertiary alicyclic amines) is 1. The number of nitrogens with zero attached hydrogens (tertiary/aromatic N) is 3. The lowest BCUT2D eigenvalue weighted by atomic mass is 9.76. The molecule has 1 unspecified atom stereocenters. The number of amides is 2. The van der Waals surface area contributed by atoms with Gasteiger partial charge in [0.25, 0.3) is 11.8 Å². The molecule has 1 saturated heterocycles. The maximum Gasteiger partial charge on any atom is 0.425 e. The van der Waals surface area contributed by atoms with Crippen molar-refractivity contribution in [3.05, 3.63) is 80.3 Å². The molecule has 0 radical (unpaired) electrons. The van der Waals surface area contributed by atoms with Crippen LogP contribution in [0.4, 0.5) is 26.3 Å². The number of aromatic nitrogens is 1. The number of pyridine rings is 1. The first-order chi connectivity index (χ1) is 23.8. The number of carboxylic acids is 1. The van der Waals surface area contributed by atoms with E-state index in [2.05, 4.69) is 4.98 Å². The third-order valence-corrected chi connectivity index (χ3v) is 10.7. The molecular weight excluding hydrogens is 724 g/mol. The number of thiophene rings is 1. The van der Waals surface area contributed by atoms with Gasteiger partial charge < -0.3 is 19.6 Å². The highest BCUT2D eigenvalue weighted by Gasteiger charge is 2.57. The first-order valence-electron chi connectivity index (χ1n) is 16.3. The van der Waals surface area contributed by atoms with Crippen molar-refractivity contribution in [1.29, 1.82) is 0 Å². The number of carbonyl (C=O) groups excluding carboxylic acids is 2. The molecule has 51 heavy (non-hydrogen) atoms. The van der Waals surface area contributed by atoms with Crippen LogP contribution in [-0.2, 0) is 28.4 Å². The van der Waals surface area contributed by atoms with Crippen molar-refractivity contribution in [1.82, 2.24) is 14.8 Å². The van der Waals surface area contributed by atoms with Crippen LogP contribution in [0.2, 0.25) is 5.02 Å². The summed E-state index contributed by atoms with van der Waals surface area (Å²) in [6, 6.07) is 5.45. The summed E-state index contributed by atoms with van der Waals surface area (Å²) in [5, 5.41) is 11.6. The first kappa shape index (κ1) is 38.4. The molecule has 2 aromatic heterocycles. The van der Waals surface area contributed by atoms with E-state index in [0.717, 1.165) is 40.2 Å². The zero-order valence-electron chi connectivity index (χ0n) is 27.9. The van der Waals surface area contributed by atoms with Crippen molar-refractivity contribution < 1.29 is 50.6 Å². The van der Waals surface area contributed by atoms with Crippen LogP contribution in [0.3, 0.4) is 0 Å². The molecule has 16 heteroatoms. The van der Waals surface area contributed by atoms with Crippen molar-refractivity contribution in [2.24, 2.45) is 5.41 Å². The minimum Gasteiger partial charge on any atom is -0.481 e. The van der Waals surface area contributed by atoms with Crippen LogP contribution in [-0.4, -0.2) is 62.4 Å². The second kappa shape index (κ2) is 14.3. The molecule has 4 heterocycles. The number of halogens is 7. The van der Waals surface area contributed by atoms with Gasteiger partial charge in [-0.25, -0.2) is 0 Å². The van der Waals surface area contributed by atoms with Gasteiger partial charge in [-0.1, -0.05) is 31.0 Å². The van der Waals surface area contributed by atoms with Gasteiger partial charge in [0.05, 0.1) is 23.1 Å². The largest absolute Gasteiger partial charge is 0.481 e. The van der Waals surface area contributed by atoms with Crippen LogP contribution >= 0.6 is 22.9 Å². The van der Waals surface area contributed by atoms with E-state index in [9.17, 15) is 41.0 Å². The maximum atomic E-state index is 15.3. The summed E-state index contributed by atoms with van der Waals surface area (Å²) < 4.78 is 89.8. The molecule has 1 aromatic carbocycles. The molecule has 3 aromatic rings. The van der Waals surface area contributed by atoms with Gasteiger partial charge in [0, 0.05) is 42.2 Å². The van der Waals surface area contributed by atoms with Gasteiger partial charge in [-0.3, -0.25) is 19.4 Å². The number of ether oxygens (including phenoxy) is 1. The topological polar surface area (TPSA) is 100 Å². The predicted molar refractivity (Wildman–Crippen MR) is 177 cm³/mol. The van der Waals surface area contributed by atoms with E-state index in [1.807, 2.05) is 0 Å². The number of alkyl halides is 6. The Kier molecular flexibility index (Phi) is 10.8.